The lowest BCUT2D eigenvalue weighted by molar-refractivity contribution is -0.207. The maximum Gasteiger partial charge on any atom is 0.343 e. The van der Waals surface area contributed by atoms with Crippen molar-refractivity contribution in [1.82, 2.24) is 0 Å². The molecule has 1 heterocycles. The molecule has 3 rings (SSSR count). The van der Waals surface area contributed by atoms with E-state index in [2.05, 4.69) is 13.8 Å². The zero-order valence-electron chi connectivity index (χ0n) is 24.6. The van der Waals surface area contributed by atoms with Crippen molar-refractivity contribution in [3.05, 3.63) is 59.4 Å². The Hall–Kier alpha value is -2.44. The fourth-order valence-corrected chi connectivity index (χ4v) is 4.97. The van der Waals surface area contributed by atoms with Gasteiger partial charge in [-0.1, -0.05) is 97.0 Å². The lowest BCUT2D eigenvalue weighted by Crippen LogP contribution is -2.27. The molecule has 0 unspecified atom stereocenters. The van der Waals surface area contributed by atoms with E-state index in [4.69, 9.17) is 18.9 Å². The Kier molecular flexibility index (Phi) is 15.1. The predicted octanol–water partition coefficient (Wildman–Crippen LogP) is 9.59. The maximum absolute atomic E-state index is 14.9. The first kappa shape index (κ1) is 32.1. The molecule has 0 spiro atoms. The molecular formula is C34H49FO5. The first-order chi connectivity index (χ1) is 19.6. The van der Waals surface area contributed by atoms with E-state index >= 15 is 0 Å². The van der Waals surface area contributed by atoms with E-state index in [1.807, 2.05) is 0 Å². The van der Waals surface area contributed by atoms with Crippen molar-refractivity contribution in [3.8, 4) is 11.5 Å². The van der Waals surface area contributed by atoms with Gasteiger partial charge in [0.15, 0.2) is 6.29 Å². The van der Waals surface area contributed by atoms with E-state index in [9.17, 15) is 9.18 Å². The number of ether oxygens (including phenoxy) is 4. The summed E-state index contributed by atoms with van der Waals surface area (Å²) in [6.45, 7) is 6.24. The van der Waals surface area contributed by atoms with Crippen molar-refractivity contribution < 1.29 is 28.1 Å². The van der Waals surface area contributed by atoms with E-state index in [1.165, 1.54) is 83.1 Å². The lowest BCUT2D eigenvalue weighted by atomic mass is 10.0. The normalized spacial score (nSPS) is 17.1. The van der Waals surface area contributed by atoms with E-state index in [-0.39, 0.29) is 5.56 Å². The minimum absolute atomic E-state index is 0.136. The summed E-state index contributed by atoms with van der Waals surface area (Å²) in [5, 5.41) is 0. The molecule has 0 saturated carbocycles. The molecule has 0 radical (unpaired) electrons. The zero-order valence-corrected chi connectivity index (χ0v) is 24.6. The van der Waals surface area contributed by atoms with Crippen LogP contribution in [0.5, 0.6) is 11.5 Å². The monoisotopic (exact) mass is 556 g/mol. The number of hydrogen-bond donors (Lipinski definition) is 0. The van der Waals surface area contributed by atoms with Gasteiger partial charge in [0.2, 0.25) is 0 Å². The Bertz CT molecular complexity index is 969. The summed E-state index contributed by atoms with van der Waals surface area (Å²) in [6, 6.07) is 11.2. The molecule has 2 aromatic rings. The summed E-state index contributed by atoms with van der Waals surface area (Å²) in [6.07, 6.45) is 16.5. The van der Waals surface area contributed by atoms with Gasteiger partial charge in [-0.2, -0.15) is 0 Å². The smallest absolute Gasteiger partial charge is 0.343 e. The Morgan fingerprint density at radius 2 is 1.35 bits per heavy atom. The summed E-state index contributed by atoms with van der Waals surface area (Å²) in [5.41, 5.74) is 0.439. The molecule has 2 aromatic carbocycles. The average molecular weight is 557 g/mol. The Morgan fingerprint density at radius 3 is 1.98 bits per heavy atom. The van der Waals surface area contributed by atoms with Gasteiger partial charge in [0.05, 0.1) is 25.4 Å². The molecule has 6 heteroatoms. The fraction of sp³-hybridized carbons (Fsp3) is 0.618. The van der Waals surface area contributed by atoms with Crippen LogP contribution < -0.4 is 9.47 Å². The third-order valence-corrected chi connectivity index (χ3v) is 7.47. The van der Waals surface area contributed by atoms with Gasteiger partial charge in [0.25, 0.3) is 0 Å². The van der Waals surface area contributed by atoms with Crippen LogP contribution in [0.2, 0.25) is 0 Å². The topological polar surface area (TPSA) is 54.0 Å². The molecule has 1 aliphatic rings. The third-order valence-electron chi connectivity index (χ3n) is 7.47. The summed E-state index contributed by atoms with van der Waals surface area (Å²) < 4.78 is 37.8. The minimum atomic E-state index is -0.750. The second-order valence-corrected chi connectivity index (χ2v) is 11.0. The van der Waals surface area contributed by atoms with Crippen LogP contribution in [-0.2, 0) is 9.47 Å². The van der Waals surface area contributed by atoms with E-state index in [1.54, 1.807) is 36.4 Å². The van der Waals surface area contributed by atoms with Gasteiger partial charge in [0.1, 0.15) is 17.3 Å². The molecule has 5 nitrogen and oxygen atoms in total. The van der Waals surface area contributed by atoms with Crippen molar-refractivity contribution in [2.45, 2.75) is 110 Å². The molecule has 0 N–H and O–H groups in total. The zero-order chi connectivity index (χ0) is 28.4. The van der Waals surface area contributed by atoms with Crippen molar-refractivity contribution >= 4 is 5.97 Å². The average Bonchev–Trinajstić information content (AvgIpc) is 2.97. The van der Waals surface area contributed by atoms with Crippen LogP contribution in [0.25, 0.3) is 0 Å². The minimum Gasteiger partial charge on any atom is -0.494 e. The lowest BCUT2D eigenvalue weighted by Gasteiger charge is -2.30. The Labute approximate surface area is 240 Å². The van der Waals surface area contributed by atoms with Crippen LogP contribution in [0.15, 0.2) is 42.5 Å². The molecule has 1 fully saturated rings. The number of hydrogen-bond acceptors (Lipinski definition) is 5. The van der Waals surface area contributed by atoms with Gasteiger partial charge in [-0.15, -0.1) is 0 Å². The van der Waals surface area contributed by atoms with Crippen LogP contribution in [0.3, 0.4) is 0 Å². The number of halogens is 1. The largest absolute Gasteiger partial charge is 0.494 e. The van der Waals surface area contributed by atoms with Crippen molar-refractivity contribution in [2.75, 3.05) is 19.8 Å². The molecule has 0 bridgehead atoms. The first-order valence-corrected chi connectivity index (χ1v) is 15.6. The summed E-state index contributed by atoms with van der Waals surface area (Å²) in [7, 11) is 0. The van der Waals surface area contributed by atoms with Gasteiger partial charge in [-0.3, -0.25) is 0 Å². The molecule has 222 valence electrons. The molecule has 1 aliphatic heterocycles. The van der Waals surface area contributed by atoms with E-state index in [0.29, 0.717) is 37.1 Å². The van der Waals surface area contributed by atoms with Crippen molar-refractivity contribution in [2.24, 2.45) is 5.92 Å². The van der Waals surface area contributed by atoms with Crippen molar-refractivity contribution in [3.63, 3.8) is 0 Å². The molecule has 1 saturated heterocycles. The second-order valence-electron chi connectivity index (χ2n) is 11.0. The SMILES string of the molecule is CCCCCCCCCOc1ccc(OC(=O)c2ccc(C3OCC(CCCCCCCC)CO3)c(F)c2)cc1. The predicted molar refractivity (Wildman–Crippen MR) is 157 cm³/mol. The highest BCUT2D eigenvalue weighted by molar-refractivity contribution is 5.91. The molecule has 0 aliphatic carbocycles. The van der Waals surface area contributed by atoms with E-state index in [0.717, 1.165) is 18.6 Å². The fourth-order valence-electron chi connectivity index (χ4n) is 4.97. The van der Waals surface area contributed by atoms with Gasteiger partial charge in [-0.05, 0) is 49.2 Å². The highest BCUT2D eigenvalue weighted by Gasteiger charge is 2.26. The third kappa shape index (κ3) is 11.6. The van der Waals surface area contributed by atoms with Gasteiger partial charge in [-0.25, -0.2) is 9.18 Å². The number of carbonyl (C=O) groups excluding carboxylic acids is 1. The Balaban J connectivity index is 1.37. The molecule has 0 atom stereocenters. The van der Waals surface area contributed by atoms with Gasteiger partial charge < -0.3 is 18.9 Å². The molecule has 0 amide bonds. The van der Waals surface area contributed by atoms with Crippen molar-refractivity contribution in [1.29, 1.82) is 0 Å². The maximum atomic E-state index is 14.9. The highest BCUT2D eigenvalue weighted by atomic mass is 19.1. The molecule has 0 aromatic heterocycles. The van der Waals surface area contributed by atoms with Gasteiger partial charge >= 0.3 is 5.97 Å². The van der Waals surface area contributed by atoms with Crippen LogP contribution in [0.1, 0.15) is 126 Å². The summed E-state index contributed by atoms with van der Waals surface area (Å²) >= 11 is 0. The van der Waals surface area contributed by atoms with Crippen LogP contribution in [0.4, 0.5) is 4.39 Å². The van der Waals surface area contributed by atoms with E-state index < -0.39 is 18.1 Å². The van der Waals surface area contributed by atoms with Gasteiger partial charge in [0, 0.05) is 11.5 Å². The number of carbonyl (C=O) groups is 1. The van der Waals surface area contributed by atoms with Crippen LogP contribution in [0, 0.1) is 11.7 Å². The van der Waals surface area contributed by atoms with Crippen LogP contribution >= 0.6 is 0 Å². The second kappa shape index (κ2) is 18.8. The number of unbranched alkanes of at least 4 members (excludes halogenated alkanes) is 11. The number of benzene rings is 2. The first-order valence-electron chi connectivity index (χ1n) is 15.6. The quantitative estimate of drug-likeness (QED) is 0.0979. The van der Waals surface area contributed by atoms with Crippen LogP contribution in [-0.4, -0.2) is 25.8 Å². The molecular weight excluding hydrogens is 507 g/mol. The summed E-state index contributed by atoms with van der Waals surface area (Å²) in [5.74, 6) is 0.308. The molecule has 40 heavy (non-hydrogen) atoms. The number of rotatable bonds is 19. The Morgan fingerprint density at radius 1 is 0.775 bits per heavy atom. The summed E-state index contributed by atoms with van der Waals surface area (Å²) in [4.78, 5) is 12.6. The number of esters is 1. The standard InChI is InChI=1S/C34H49FO5/c1-3-5-7-9-11-13-15-23-37-29-18-20-30(21-19-29)40-33(36)28-17-22-31(32(35)24-28)34-38-25-27(26-39-34)16-14-12-10-8-6-4-2/h17-22,24,27,34H,3-16,23,25-26H2,1-2H3. The highest BCUT2D eigenvalue weighted by Crippen LogP contribution is 2.30.